The van der Waals surface area contributed by atoms with Gasteiger partial charge in [0, 0.05) is 44.4 Å². The number of imidazole rings is 1. The van der Waals surface area contributed by atoms with Crippen molar-refractivity contribution in [2.45, 2.75) is 13.8 Å². The zero-order valence-corrected chi connectivity index (χ0v) is 20.5. The number of aliphatic imine (C=N–C) groups is 2. The molecular weight excluding hydrogens is 444 g/mol. The molecule has 3 aromatic heterocycles. The lowest BCUT2D eigenvalue weighted by atomic mass is 10.0. The monoisotopic (exact) mass is 470 g/mol. The summed E-state index contributed by atoms with van der Waals surface area (Å²) in [4.78, 5) is 26.6. The number of allylic oxidation sites excluding steroid dienone is 2. The van der Waals surface area contributed by atoms with Crippen molar-refractivity contribution in [2.24, 2.45) is 24.1 Å². The third-order valence-electron chi connectivity index (χ3n) is 6.14. The predicted octanol–water partition coefficient (Wildman–Crippen LogP) is 2.87. The van der Waals surface area contributed by atoms with Gasteiger partial charge in [-0.3, -0.25) is 23.8 Å². The second-order valence-electron chi connectivity index (χ2n) is 8.46. The van der Waals surface area contributed by atoms with E-state index in [2.05, 4.69) is 32.0 Å². The largest absolute Gasteiger partial charge is 0.496 e. The van der Waals surface area contributed by atoms with Gasteiger partial charge in [0.1, 0.15) is 11.6 Å². The number of pyridine rings is 1. The highest BCUT2D eigenvalue weighted by Gasteiger charge is 2.21. The number of methoxy groups -OCH3 is 1. The van der Waals surface area contributed by atoms with E-state index >= 15 is 0 Å². The van der Waals surface area contributed by atoms with Gasteiger partial charge in [-0.1, -0.05) is 6.58 Å². The Labute approximate surface area is 201 Å². The molecule has 5 rings (SSSR count). The number of aromatic nitrogens is 5. The van der Waals surface area contributed by atoms with E-state index in [1.54, 1.807) is 41.2 Å². The number of hydrogen-bond donors (Lipinski definition) is 1. The maximum atomic E-state index is 13.3. The molecule has 0 unspecified atom stereocenters. The van der Waals surface area contributed by atoms with Gasteiger partial charge in [0.25, 0.3) is 0 Å². The van der Waals surface area contributed by atoms with Crippen LogP contribution < -0.4 is 15.7 Å². The molecule has 4 heterocycles. The highest BCUT2D eigenvalue weighted by molar-refractivity contribution is 6.14. The first-order chi connectivity index (χ1) is 16.7. The summed E-state index contributed by atoms with van der Waals surface area (Å²) in [5, 5.41) is 8.46. The van der Waals surface area contributed by atoms with Gasteiger partial charge in [-0.2, -0.15) is 5.10 Å². The molecule has 4 aromatic rings. The van der Waals surface area contributed by atoms with Crippen molar-refractivity contribution in [1.29, 1.82) is 0 Å². The van der Waals surface area contributed by atoms with Crippen molar-refractivity contribution < 1.29 is 4.74 Å². The molecule has 0 atom stereocenters. The van der Waals surface area contributed by atoms with Crippen LogP contribution in [-0.2, 0) is 14.1 Å². The molecule has 0 spiro atoms. The van der Waals surface area contributed by atoms with E-state index in [0.717, 1.165) is 39.4 Å². The average molecular weight is 471 g/mol. The van der Waals surface area contributed by atoms with Gasteiger partial charge < -0.3 is 10.1 Å². The summed E-state index contributed by atoms with van der Waals surface area (Å²) in [5.74, 6) is 2.00. The summed E-state index contributed by atoms with van der Waals surface area (Å²) < 4.78 is 10.7. The lowest BCUT2D eigenvalue weighted by Gasteiger charge is -2.13. The molecule has 0 saturated heterocycles. The van der Waals surface area contributed by atoms with E-state index in [1.165, 1.54) is 0 Å². The molecule has 0 saturated carbocycles. The lowest BCUT2D eigenvalue weighted by molar-refractivity contribution is 0.414. The number of nitrogens with zero attached hydrogens (tertiary/aromatic N) is 7. The molecule has 178 valence electrons. The van der Waals surface area contributed by atoms with Crippen molar-refractivity contribution >= 4 is 39.2 Å². The van der Waals surface area contributed by atoms with E-state index in [1.807, 2.05) is 45.3 Å². The number of ether oxygens (including phenoxy) is 1. The molecule has 0 amide bonds. The van der Waals surface area contributed by atoms with Gasteiger partial charge in [-0.15, -0.1) is 0 Å². The Bertz CT molecular complexity index is 1690. The average Bonchev–Trinajstić information content (AvgIpc) is 3.44. The van der Waals surface area contributed by atoms with Crippen LogP contribution in [0.5, 0.6) is 5.75 Å². The van der Waals surface area contributed by atoms with Crippen LogP contribution in [0.1, 0.15) is 18.2 Å². The van der Waals surface area contributed by atoms with Crippen LogP contribution in [0.3, 0.4) is 0 Å². The number of benzene rings is 1. The molecule has 35 heavy (non-hydrogen) atoms. The molecule has 0 aliphatic carbocycles. The summed E-state index contributed by atoms with van der Waals surface area (Å²) in [7, 11) is 6.89. The van der Waals surface area contributed by atoms with E-state index in [-0.39, 0.29) is 5.69 Å². The fourth-order valence-electron chi connectivity index (χ4n) is 4.50. The molecular formula is C25H26N8O2. The normalized spacial score (nSPS) is 15.9. The fraction of sp³-hybridized carbons (Fsp3) is 0.240. The van der Waals surface area contributed by atoms with Crippen LogP contribution in [-0.4, -0.2) is 49.7 Å². The molecule has 0 radical (unpaired) electrons. The van der Waals surface area contributed by atoms with E-state index in [9.17, 15) is 4.79 Å². The van der Waals surface area contributed by atoms with Gasteiger partial charge in [0.2, 0.25) is 0 Å². The van der Waals surface area contributed by atoms with Gasteiger partial charge in [-0.25, -0.2) is 9.79 Å². The third-order valence-corrected chi connectivity index (χ3v) is 6.14. The Morgan fingerprint density at radius 1 is 1.26 bits per heavy atom. The summed E-state index contributed by atoms with van der Waals surface area (Å²) >= 11 is 0. The molecule has 10 heteroatoms. The smallest absolute Gasteiger partial charge is 0.333 e. The fourth-order valence-corrected chi connectivity index (χ4v) is 4.50. The van der Waals surface area contributed by atoms with Crippen LogP contribution in [0.4, 0.5) is 0 Å². The second-order valence-corrected chi connectivity index (χ2v) is 8.46. The van der Waals surface area contributed by atoms with Crippen LogP contribution in [0.15, 0.2) is 57.7 Å². The zero-order chi connectivity index (χ0) is 25.0. The predicted molar refractivity (Wildman–Crippen MR) is 139 cm³/mol. The van der Waals surface area contributed by atoms with Crippen molar-refractivity contribution in [2.75, 3.05) is 14.2 Å². The molecule has 0 bridgehead atoms. The topological polar surface area (TPSA) is 104 Å². The number of nitrogens with one attached hydrogen (secondary N) is 1. The van der Waals surface area contributed by atoms with Crippen LogP contribution in [0.2, 0.25) is 0 Å². The van der Waals surface area contributed by atoms with Crippen molar-refractivity contribution in [1.82, 2.24) is 29.2 Å². The molecule has 1 N–H and O–H groups in total. The number of aryl methyl sites for hydroxylation is 3. The SMILES string of the molecule is C=C(/C=C1/NC(C)=N/C1=N/C)c1cc2c(cc1OC)ncc1c2n(-c2cn(C)nc2C)c(=O)n1C. The van der Waals surface area contributed by atoms with Gasteiger partial charge in [0.05, 0.1) is 46.9 Å². The van der Waals surface area contributed by atoms with Crippen molar-refractivity contribution in [3.8, 4) is 11.4 Å². The van der Waals surface area contributed by atoms with E-state index in [0.29, 0.717) is 28.2 Å². The Hall–Kier alpha value is -4.47. The lowest BCUT2D eigenvalue weighted by Crippen LogP contribution is -2.21. The van der Waals surface area contributed by atoms with Crippen LogP contribution in [0, 0.1) is 6.92 Å². The first-order valence-electron chi connectivity index (χ1n) is 11.0. The molecule has 1 aliphatic heterocycles. The maximum absolute atomic E-state index is 13.3. The second kappa shape index (κ2) is 8.08. The molecule has 1 aliphatic rings. The minimum absolute atomic E-state index is 0.171. The summed E-state index contributed by atoms with van der Waals surface area (Å²) in [6.07, 6.45) is 5.45. The number of amidine groups is 2. The quantitative estimate of drug-likeness (QED) is 0.494. The van der Waals surface area contributed by atoms with Crippen molar-refractivity contribution in [3.63, 3.8) is 0 Å². The number of hydrogen-bond acceptors (Lipinski definition) is 6. The minimum atomic E-state index is -0.171. The standard InChI is InChI=1S/C25H26N8O2/c1-13(8-19-24(26-4)29-15(3)28-19)16-9-17-18(10-22(16)35-7)27-11-20-23(17)33(25(34)32(20)6)21-12-31(5)30-14(21)2/h8-12H,1H2,2-7H3,(H,26,28,29)/b19-8+. The zero-order valence-electron chi connectivity index (χ0n) is 20.5. The van der Waals surface area contributed by atoms with E-state index in [4.69, 9.17) is 4.74 Å². The van der Waals surface area contributed by atoms with Gasteiger partial charge in [-0.05, 0) is 31.6 Å². The van der Waals surface area contributed by atoms with Crippen LogP contribution >= 0.6 is 0 Å². The summed E-state index contributed by atoms with van der Waals surface area (Å²) in [6, 6.07) is 3.83. The number of rotatable bonds is 4. The first kappa shape index (κ1) is 22.3. The van der Waals surface area contributed by atoms with E-state index < -0.39 is 0 Å². The van der Waals surface area contributed by atoms with Crippen LogP contribution in [0.25, 0.3) is 33.2 Å². The highest BCUT2D eigenvalue weighted by atomic mass is 16.5. The van der Waals surface area contributed by atoms with Gasteiger partial charge in [0.15, 0.2) is 5.84 Å². The Morgan fingerprint density at radius 2 is 2.03 bits per heavy atom. The molecule has 0 fully saturated rings. The van der Waals surface area contributed by atoms with Gasteiger partial charge >= 0.3 is 5.69 Å². The first-order valence-corrected chi connectivity index (χ1v) is 11.0. The summed E-state index contributed by atoms with van der Waals surface area (Å²) in [5.41, 5.74) is 5.71. The molecule has 10 nitrogen and oxygen atoms in total. The number of fused-ring (bicyclic) bond motifs is 3. The Kier molecular flexibility index (Phi) is 5.16. The third kappa shape index (κ3) is 3.45. The summed E-state index contributed by atoms with van der Waals surface area (Å²) in [6.45, 7) is 8.05. The van der Waals surface area contributed by atoms with Crippen molar-refractivity contribution in [3.05, 3.63) is 64.6 Å². The Morgan fingerprint density at radius 3 is 2.69 bits per heavy atom. The highest BCUT2D eigenvalue weighted by Crippen LogP contribution is 2.34. The minimum Gasteiger partial charge on any atom is -0.496 e. The Balaban J connectivity index is 1.79. The maximum Gasteiger partial charge on any atom is 0.333 e. The molecule has 1 aromatic carbocycles.